The second-order valence-corrected chi connectivity index (χ2v) is 8.77. The van der Waals surface area contributed by atoms with Gasteiger partial charge in [-0.2, -0.15) is 4.98 Å². The topological polar surface area (TPSA) is 50.7 Å². The number of hydrogen-bond donors (Lipinski definition) is 0. The fraction of sp³-hybridized carbons (Fsp3) is 0.400. The van der Waals surface area contributed by atoms with Crippen LogP contribution >= 0.6 is 22.9 Å². The van der Waals surface area contributed by atoms with E-state index < -0.39 is 0 Å². The summed E-state index contributed by atoms with van der Waals surface area (Å²) < 4.78 is 10.9. The number of halogens is 1. The van der Waals surface area contributed by atoms with E-state index >= 15 is 0 Å². The number of rotatable bonds is 3. The summed E-state index contributed by atoms with van der Waals surface area (Å²) in [6, 6.07) is 6.19. The molecule has 0 unspecified atom stereocenters. The fourth-order valence-electron chi connectivity index (χ4n) is 3.85. The predicted molar refractivity (Wildman–Crippen MR) is 112 cm³/mol. The number of benzene rings is 1. The number of piperazine rings is 1. The Morgan fingerprint density at radius 3 is 2.68 bits per heavy atom. The molecule has 0 saturated carbocycles. The van der Waals surface area contributed by atoms with E-state index in [1.54, 1.807) is 11.3 Å². The lowest BCUT2D eigenvalue weighted by atomic mass is 10.1. The lowest BCUT2D eigenvalue weighted by Gasteiger charge is -2.35. The molecule has 5 rings (SSSR count). The number of nitrogens with zero attached hydrogens (tertiary/aromatic N) is 4. The first-order chi connectivity index (χ1) is 13.6. The molecule has 3 aromatic rings. The quantitative estimate of drug-likeness (QED) is 0.601. The van der Waals surface area contributed by atoms with Crippen molar-refractivity contribution in [3.05, 3.63) is 39.5 Å². The molecule has 0 amide bonds. The van der Waals surface area contributed by atoms with Crippen molar-refractivity contribution < 1.29 is 9.47 Å². The molecule has 0 spiro atoms. The average molecular weight is 417 g/mol. The molecule has 28 heavy (non-hydrogen) atoms. The molecule has 8 heteroatoms. The van der Waals surface area contributed by atoms with Crippen molar-refractivity contribution in [3.8, 4) is 11.5 Å². The minimum Gasteiger partial charge on any atom is -0.454 e. The Morgan fingerprint density at radius 1 is 1.07 bits per heavy atom. The molecule has 2 aliphatic heterocycles. The zero-order chi connectivity index (χ0) is 19.3. The third kappa shape index (κ3) is 3.17. The van der Waals surface area contributed by atoms with Crippen molar-refractivity contribution in [1.82, 2.24) is 14.9 Å². The van der Waals surface area contributed by atoms with Crippen LogP contribution < -0.4 is 14.4 Å². The van der Waals surface area contributed by atoms with Crippen molar-refractivity contribution in [2.24, 2.45) is 0 Å². The van der Waals surface area contributed by atoms with Crippen LogP contribution in [0.5, 0.6) is 11.5 Å². The lowest BCUT2D eigenvalue weighted by Crippen LogP contribution is -2.46. The lowest BCUT2D eigenvalue weighted by molar-refractivity contribution is 0.174. The minimum atomic E-state index is 0.314. The molecule has 0 bridgehead atoms. The molecule has 0 aliphatic carbocycles. The Kier molecular flexibility index (Phi) is 4.53. The van der Waals surface area contributed by atoms with Gasteiger partial charge in [-0.25, -0.2) is 4.98 Å². The van der Waals surface area contributed by atoms with Crippen LogP contribution in [-0.2, 0) is 6.54 Å². The van der Waals surface area contributed by atoms with Gasteiger partial charge in [0.25, 0.3) is 0 Å². The van der Waals surface area contributed by atoms with Crippen LogP contribution in [0.15, 0.2) is 18.2 Å². The standard InChI is InChI=1S/C20H21ClN4O2S/c1-12-13(2)28-19-17(12)18(22-20(21)23-19)25-7-5-24(6-8-25)10-14-3-4-15-16(9-14)27-11-26-15/h3-4,9H,5-8,10-11H2,1-2H3. The van der Waals surface area contributed by atoms with Crippen LogP contribution in [0, 0.1) is 13.8 Å². The van der Waals surface area contributed by atoms with E-state index in [2.05, 4.69) is 45.7 Å². The summed E-state index contributed by atoms with van der Waals surface area (Å²) in [5.74, 6) is 2.65. The third-order valence-electron chi connectivity index (χ3n) is 5.50. The number of ether oxygens (including phenoxy) is 2. The van der Waals surface area contributed by atoms with Gasteiger partial charge >= 0.3 is 0 Å². The van der Waals surface area contributed by atoms with Crippen molar-refractivity contribution >= 4 is 39.0 Å². The second-order valence-electron chi connectivity index (χ2n) is 7.23. The van der Waals surface area contributed by atoms with Crippen molar-refractivity contribution in [2.45, 2.75) is 20.4 Å². The minimum absolute atomic E-state index is 0.314. The number of anilines is 1. The molecule has 146 valence electrons. The Labute approximate surface area is 172 Å². The Morgan fingerprint density at radius 2 is 1.86 bits per heavy atom. The van der Waals surface area contributed by atoms with Gasteiger partial charge in [-0.05, 0) is 48.7 Å². The maximum atomic E-state index is 6.21. The monoisotopic (exact) mass is 416 g/mol. The Balaban J connectivity index is 1.32. The normalized spacial score (nSPS) is 16.9. The number of thiophene rings is 1. The van der Waals surface area contributed by atoms with Gasteiger partial charge in [0.15, 0.2) is 11.5 Å². The van der Waals surface area contributed by atoms with Gasteiger partial charge < -0.3 is 14.4 Å². The van der Waals surface area contributed by atoms with Crippen LogP contribution in [0.3, 0.4) is 0 Å². The number of fused-ring (bicyclic) bond motifs is 2. The molecule has 0 atom stereocenters. The van der Waals surface area contributed by atoms with Gasteiger partial charge in [0.2, 0.25) is 12.1 Å². The first kappa shape index (κ1) is 18.0. The van der Waals surface area contributed by atoms with E-state index in [9.17, 15) is 0 Å². The van der Waals surface area contributed by atoms with E-state index in [-0.39, 0.29) is 0 Å². The molecule has 1 fully saturated rings. The summed E-state index contributed by atoms with van der Waals surface area (Å²) in [4.78, 5) is 16.1. The van der Waals surface area contributed by atoms with Gasteiger partial charge in [0, 0.05) is 37.6 Å². The highest BCUT2D eigenvalue weighted by Gasteiger charge is 2.23. The van der Waals surface area contributed by atoms with E-state index in [0.29, 0.717) is 12.1 Å². The van der Waals surface area contributed by atoms with Crippen molar-refractivity contribution in [1.29, 1.82) is 0 Å². The summed E-state index contributed by atoms with van der Waals surface area (Å²) in [7, 11) is 0. The maximum Gasteiger partial charge on any atom is 0.231 e. The Hall–Kier alpha value is -2.09. The molecule has 4 heterocycles. The molecular weight excluding hydrogens is 396 g/mol. The van der Waals surface area contributed by atoms with Gasteiger partial charge in [-0.15, -0.1) is 11.3 Å². The Bertz CT molecular complexity index is 1050. The molecule has 1 saturated heterocycles. The van der Waals surface area contributed by atoms with Gasteiger partial charge in [0.05, 0.1) is 5.39 Å². The van der Waals surface area contributed by atoms with Gasteiger partial charge in [0.1, 0.15) is 10.6 Å². The zero-order valence-corrected chi connectivity index (χ0v) is 17.4. The van der Waals surface area contributed by atoms with Crippen molar-refractivity contribution in [3.63, 3.8) is 0 Å². The van der Waals surface area contributed by atoms with Crippen LogP contribution in [-0.4, -0.2) is 47.8 Å². The van der Waals surface area contributed by atoms with Crippen LogP contribution in [0.4, 0.5) is 5.82 Å². The summed E-state index contributed by atoms with van der Waals surface area (Å²) in [5, 5.41) is 1.47. The number of aryl methyl sites for hydroxylation is 2. The summed E-state index contributed by atoms with van der Waals surface area (Å²) in [5.41, 5.74) is 2.50. The van der Waals surface area contributed by atoms with Crippen LogP contribution in [0.25, 0.3) is 10.2 Å². The molecule has 0 radical (unpaired) electrons. The van der Waals surface area contributed by atoms with E-state index in [0.717, 1.165) is 60.3 Å². The highest BCUT2D eigenvalue weighted by Crippen LogP contribution is 2.36. The SMILES string of the molecule is Cc1sc2nc(Cl)nc(N3CCN(Cc4ccc5c(c4)OCO5)CC3)c2c1C. The number of hydrogen-bond acceptors (Lipinski definition) is 7. The molecule has 2 aliphatic rings. The number of aromatic nitrogens is 2. The van der Waals surface area contributed by atoms with E-state index in [4.69, 9.17) is 21.1 Å². The van der Waals surface area contributed by atoms with E-state index in [1.165, 1.54) is 16.0 Å². The maximum absolute atomic E-state index is 6.21. The van der Waals surface area contributed by atoms with Crippen LogP contribution in [0.2, 0.25) is 5.28 Å². The van der Waals surface area contributed by atoms with Gasteiger partial charge in [-0.3, -0.25) is 4.90 Å². The zero-order valence-electron chi connectivity index (χ0n) is 15.9. The molecule has 1 aromatic carbocycles. The summed E-state index contributed by atoms with van der Waals surface area (Å²) in [6.07, 6.45) is 0. The predicted octanol–water partition coefficient (Wildman–Crippen LogP) is 4.01. The molecule has 6 nitrogen and oxygen atoms in total. The highest BCUT2D eigenvalue weighted by molar-refractivity contribution is 7.18. The van der Waals surface area contributed by atoms with Gasteiger partial charge in [-0.1, -0.05) is 6.07 Å². The first-order valence-corrected chi connectivity index (χ1v) is 10.6. The highest BCUT2D eigenvalue weighted by atomic mass is 35.5. The van der Waals surface area contributed by atoms with Crippen LogP contribution in [0.1, 0.15) is 16.0 Å². The third-order valence-corrected chi connectivity index (χ3v) is 6.77. The largest absolute Gasteiger partial charge is 0.454 e. The molecular formula is C20H21ClN4O2S. The summed E-state index contributed by atoms with van der Waals surface area (Å²) in [6.45, 7) is 9.27. The second kappa shape index (κ2) is 7.06. The molecule has 2 aromatic heterocycles. The van der Waals surface area contributed by atoms with Crippen molar-refractivity contribution in [2.75, 3.05) is 37.9 Å². The van der Waals surface area contributed by atoms with E-state index in [1.807, 2.05) is 6.07 Å². The first-order valence-electron chi connectivity index (χ1n) is 9.37. The summed E-state index contributed by atoms with van der Waals surface area (Å²) >= 11 is 7.90. The fourth-order valence-corrected chi connectivity index (χ4v) is 5.09. The molecule has 0 N–H and O–H groups in total. The average Bonchev–Trinajstić information content (AvgIpc) is 3.26. The smallest absolute Gasteiger partial charge is 0.231 e.